The Labute approximate surface area is 54.9 Å². The van der Waals surface area contributed by atoms with Gasteiger partial charge in [0, 0.05) is 12.8 Å². The Kier molecular flexibility index (Phi) is 1.47. The lowest BCUT2D eigenvalue weighted by Gasteiger charge is -2.36. The molecule has 1 saturated heterocycles. The SMILES string of the molecule is C=C(N)[N+]1([O-])CCCC1. The number of hydrogen-bond acceptors (Lipinski definition) is 2. The van der Waals surface area contributed by atoms with Gasteiger partial charge in [0.25, 0.3) is 0 Å². The van der Waals surface area contributed by atoms with Crippen LogP contribution in [0.3, 0.4) is 0 Å². The smallest absolute Gasteiger partial charge is 0.191 e. The molecule has 3 heteroatoms. The van der Waals surface area contributed by atoms with Crippen molar-refractivity contribution in [2.24, 2.45) is 5.73 Å². The molecule has 1 heterocycles. The molecule has 0 atom stereocenters. The Morgan fingerprint density at radius 2 is 1.89 bits per heavy atom. The topological polar surface area (TPSA) is 49.1 Å². The fourth-order valence-electron chi connectivity index (χ4n) is 1.13. The Hall–Kier alpha value is -0.540. The number of hydroxylamine groups is 3. The van der Waals surface area contributed by atoms with Crippen LogP contribution in [0.4, 0.5) is 0 Å². The summed E-state index contributed by atoms with van der Waals surface area (Å²) in [6, 6.07) is 0. The average Bonchev–Trinajstić information content (AvgIpc) is 2.16. The van der Waals surface area contributed by atoms with Crippen molar-refractivity contribution < 1.29 is 4.65 Å². The predicted molar refractivity (Wildman–Crippen MR) is 35.9 cm³/mol. The molecular formula is C6H12N2O. The molecule has 1 rings (SSSR count). The number of quaternary nitrogens is 1. The number of rotatable bonds is 1. The van der Waals surface area contributed by atoms with Crippen molar-refractivity contribution in [2.45, 2.75) is 12.8 Å². The largest absolute Gasteiger partial charge is 0.626 e. The summed E-state index contributed by atoms with van der Waals surface area (Å²) in [5.41, 5.74) is 5.30. The highest BCUT2D eigenvalue weighted by Gasteiger charge is 2.24. The monoisotopic (exact) mass is 128 g/mol. The van der Waals surface area contributed by atoms with Crippen LogP contribution in [0.1, 0.15) is 12.8 Å². The van der Waals surface area contributed by atoms with E-state index in [2.05, 4.69) is 6.58 Å². The van der Waals surface area contributed by atoms with Crippen LogP contribution < -0.4 is 5.73 Å². The molecule has 1 aliphatic heterocycles. The molecule has 0 aromatic rings. The molecule has 9 heavy (non-hydrogen) atoms. The zero-order valence-corrected chi connectivity index (χ0v) is 5.47. The summed E-state index contributed by atoms with van der Waals surface area (Å²) in [6.45, 7) is 4.69. The van der Waals surface area contributed by atoms with Gasteiger partial charge in [0.05, 0.1) is 13.1 Å². The quantitative estimate of drug-likeness (QED) is 0.413. The maximum Gasteiger partial charge on any atom is 0.191 e. The van der Waals surface area contributed by atoms with Gasteiger partial charge in [0.2, 0.25) is 0 Å². The number of nitrogens with zero attached hydrogens (tertiary/aromatic N) is 1. The predicted octanol–water partition coefficient (Wildman–Crippen LogP) is 0.525. The van der Waals surface area contributed by atoms with E-state index in [9.17, 15) is 5.21 Å². The second kappa shape index (κ2) is 2.01. The van der Waals surface area contributed by atoms with E-state index in [0.29, 0.717) is 13.1 Å². The zero-order valence-electron chi connectivity index (χ0n) is 5.47. The van der Waals surface area contributed by atoms with Crippen LogP contribution in [-0.2, 0) is 0 Å². The number of nitrogens with two attached hydrogens (primary N) is 1. The van der Waals surface area contributed by atoms with Gasteiger partial charge < -0.3 is 15.6 Å². The summed E-state index contributed by atoms with van der Waals surface area (Å²) < 4.78 is -0.361. The molecule has 0 aliphatic carbocycles. The molecule has 0 bridgehead atoms. The normalized spacial score (nSPS) is 24.1. The first-order valence-corrected chi connectivity index (χ1v) is 3.18. The lowest BCUT2D eigenvalue weighted by Crippen LogP contribution is -2.40. The molecule has 0 radical (unpaired) electrons. The van der Waals surface area contributed by atoms with Crippen LogP contribution >= 0.6 is 0 Å². The van der Waals surface area contributed by atoms with Gasteiger partial charge >= 0.3 is 0 Å². The summed E-state index contributed by atoms with van der Waals surface area (Å²) in [5.74, 6) is 0.257. The molecule has 0 aromatic carbocycles. The van der Waals surface area contributed by atoms with Crippen molar-refractivity contribution in [3.8, 4) is 0 Å². The molecule has 0 unspecified atom stereocenters. The van der Waals surface area contributed by atoms with Crippen LogP contribution in [0.5, 0.6) is 0 Å². The molecular weight excluding hydrogens is 116 g/mol. The van der Waals surface area contributed by atoms with Crippen LogP contribution in [0.15, 0.2) is 12.4 Å². The summed E-state index contributed by atoms with van der Waals surface area (Å²) >= 11 is 0. The first-order chi connectivity index (χ1) is 4.15. The first kappa shape index (κ1) is 6.58. The lowest BCUT2D eigenvalue weighted by molar-refractivity contribution is -0.830. The third-order valence-electron chi connectivity index (χ3n) is 1.81. The average molecular weight is 128 g/mol. The maximum atomic E-state index is 11.3. The molecule has 0 spiro atoms. The third kappa shape index (κ3) is 1.06. The van der Waals surface area contributed by atoms with Gasteiger partial charge in [-0.25, -0.2) is 0 Å². The Balaban J connectivity index is 2.61. The molecule has 0 amide bonds. The molecule has 1 aliphatic rings. The Bertz CT molecular complexity index is 127. The maximum absolute atomic E-state index is 11.3. The van der Waals surface area contributed by atoms with Gasteiger partial charge in [-0.2, -0.15) is 0 Å². The van der Waals surface area contributed by atoms with Crippen LogP contribution in [0.25, 0.3) is 0 Å². The Morgan fingerprint density at radius 1 is 1.44 bits per heavy atom. The van der Waals surface area contributed by atoms with E-state index < -0.39 is 0 Å². The summed E-state index contributed by atoms with van der Waals surface area (Å²) in [5, 5.41) is 11.3. The second-order valence-electron chi connectivity index (χ2n) is 2.53. The van der Waals surface area contributed by atoms with Gasteiger partial charge in [-0.15, -0.1) is 0 Å². The number of hydrogen-bond donors (Lipinski definition) is 1. The van der Waals surface area contributed by atoms with Crippen molar-refractivity contribution in [1.29, 1.82) is 0 Å². The van der Waals surface area contributed by atoms with Crippen LogP contribution in [0.2, 0.25) is 0 Å². The van der Waals surface area contributed by atoms with Crippen molar-refractivity contribution in [3.63, 3.8) is 0 Å². The van der Waals surface area contributed by atoms with Crippen molar-refractivity contribution in [2.75, 3.05) is 13.1 Å². The van der Waals surface area contributed by atoms with E-state index in [1.165, 1.54) is 0 Å². The zero-order chi connectivity index (χ0) is 6.91. The standard InChI is InChI=1S/C6H12N2O/c1-6(7)8(9)4-2-3-5-8/h1-5,7H2. The summed E-state index contributed by atoms with van der Waals surface area (Å²) in [7, 11) is 0. The molecule has 2 N–H and O–H groups in total. The van der Waals surface area contributed by atoms with Gasteiger partial charge in [-0.05, 0) is 6.58 Å². The van der Waals surface area contributed by atoms with Gasteiger partial charge in [0.15, 0.2) is 5.82 Å². The summed E-state index contributed by atoms with van der Waals surface area (Å²) in [6.07, 6.45) is 1.97. The third-order valence-corrected chi connectivity index (χ3v) is 1.81. The highest BCUT2D eigenvalue weighted by molar-refractivity contribution is 4.77. The van der Waals surface area contributed by atoms with E-state index >= 15 is 0 Å². The van der Waals surface area contributed by atoms with Crippen LogP contribution in [-0.4, -0.2) is 17.7 Å². The lowest BCUT2D eigenvalue weighted by atomic mass is 10.4. The fraction of sp³-hybridized carbons (Fsp3) is 0.667. The van der Waals surface area contributed by atoms with Crippen molar-refractivity contribution in [1.82, 2.24) is 0 Å². The fourth-order valence-corrected chi connectivity index (χ4v) is 1.13. The number of likely N-dealkylation sites (tertiary alicyclic amines) is 1. The first-order valence-electron chi connectivity index (χ1n) is 3.18. The highest BCUT2D eigenvalue weighted by Crippen LogP contribution is 2.20. The van der Waals surface area contributed by atoms with Crippen LogP contribution in [0, 0.1) is 5.21 Å². The van der Waals surface area contributed by atoms with E-state index in [0.717, 1.165) is 12.8 Å². The van der Waals surface area contributed by atoms with Gasteiger partial charge in [0.1, 0.15) is 0 Å². The van der Waals surface area contributed by atoms with Crippen molar-refractivity contribution >= 4 is 0 Å². The van der Waals surface area contributed by atoms with E-state index in [4.69, 9.17) is 5.73 Å². The van der Waals surface area contributed by atoms with Gasteiger partial charge in [-0.1, -0.05) is 0 Å². The highest BCUT2D eigenvalue weighted by atomic mass is 16.5. The van der Waals surface area contributed by atoms with E-state index in [1.54, 1.807) is 0 Å². The van der Waals surface area contributed by atoms with Crippen molar-refractivity contribution in [3.05, 3.63) is 17.6 Å². The van der Waals surface area contributed by atoms with E-state index in [1.807, 2.05) is 0 Å². The molecule has 0 saturated carbocycles. The molecule has 0 aromatic heterocycles. The molecule has 3 nitrogen and oxygen atoms in total. The minimum Gasteiger partial charge on any atom is -0.626 e. The second-order valence-corrected chi connectivity index (χ2v) is 2.53. The van der Waals surface area contributed by atoms with E-state index in [-0.39, 0.29) is 10.5 Å². The minimum absolute atomic E-state index is 0.257. The molecule has 52 valence electrons. The molecule has 1 fully saturated rings. The van der Waals surface area contributed by atoms with Gasteiger partial charge in [-0.3, -0.25) is 0 Å². The Morgan fingerprint density at radius 3 is 2.11 bits per heavy atom. The minimum atomic E-state index is -0.361. The summed E-state index contributed by atoms with van der Waals surface area (Å²) in [4.78, 5) is 0.